The number of hydrogen-bond acceptors (Lipinski definition) is 10. The van der Waals surface area contributed by atoms with Gasteiger partial charge in [0.15, 0.2) is 6.10 Å². The zero-order chi connectivity index (χ0) is 26.4. The van der Waals surface area contributed by atoms with Crippen LogP contribution in [0.25, 0.3) is 0 Å². The number of carbonyl (C=O) groups is 3. The lowest BCUT2D eigenvalue weighted by atomic mass is 9.50. The van der Waals surface area contributed by atoms with Crippen LogP contribution in [-0.2, 0) is 38.1 Å². The monoisotopic (exact) mass is 520 g/mol. The summed E-state index contributed by atoms with van der Waals surface area (Å²) >= 11 is 0. The fourth-order valence-corrected chi connectivity index (χ4v) is 7.11. The van der Waals surface area contributed by atoms with E-state index in [-0.39, 0.29) is 44.4 Å². The van der Waals surface area contributed by atoms with E-state index in [0.717, 1.165) is 0 Å². The third kappa shape index (κ3) is 4.22. The Bertz CT molecular complexity index is 986. The molecule has 10 heteroatoms. The molecule has 2 saturated carbocycles. The van der Waals surface area contributed by atoms with Gasteiger partial charge in [-0.1, -0.05) is 26.0 Å². The van der Waals surface area contributed by atoms with Gasteiger partial charge in [-0.2, -0.15) is 0 Å². The van der Waals surface area contributed by atoms with E-state index in [1.54, 1.807) is 6.92 Å². The first-order valence-electron chi connectivity index (χ1n) is 13.1. The molecule has 0 aromatic rings. The van der Waals surface area contributed by atoms with Crippen molar-refractivity contribution in [2.45, 2.75) is 76.0 Å². The van der Waals surface area contributed by atoms with Crippen molar-refractivity contribution >= 4 is 17.9 Å². The van der Waals surface area contributed by atoms with E-state index in [4.69, 9.17) is 23.7 Å². The zero-order valence-electron chi connectivity index (χ0n) is 21.3. The molecule has 2 spiro atoms. The Kier molecular flexibility index (Phi) is 6.97. The largest absolute Gasteiger partial charge is 0.463 e. The van der Waals surface area contributed by atoms with Crippen LogP contribution in [0.5, 0.6) is 0 Å². The van der Waals surface area contributed by atoms with Crippen LogP contribution in [-0.4, -0.2) is 84.6 Å². The molecule has 9 unspecified atom stereocenters. The number of aliphatic hydroxyl groups excluding tert-OH is 2. The van der Waals surface area contributed by atoms with E-state index in [0.29, 0.717) is 32.3 Å². The molecule has 2 aliphatic carbocycles. The Morgan fingerprint density at radius 2 is 1.70 bits per heavy atom. The average molecular weight is 521 g/mol. The number of aliphatic hydroxyl groups is 2. The first kappa shape index (κ1) is 26.3. The molecular weight excluding hydrogens is 484 g/mol. The summed E-state index contributed by atoms with van der Waals surface area (Å²) in [5, 5.41) is 20.5. The lowest BCUT2D eigenvalue weighted by Crippen LogP contribution is -2.68. The van der Waals surface area contributed by atoms with Gasteiger partial charge >= 0.3 is 17.9 Å². The summed E-state index contributed by atoms with van der Waals surface area (Å²) in [6, 6.07) is 0. The van der Waals surface area contributed by atoms with Gasteiger partial charge in [-0.25, -0.2) is 14.4 Å². The molecule has 9 atom stereocenters. The number of epoxide rings is 1. The number of carbonyl (C=O) groups excluding carboxylic acids is 3. The number of allylic oxidation sites excluding steroid dienone is 2. The van der Waals surface area contributed by atoms with Crippen LogP contribution in [0.2, 0.25) is 0 Å². The Morgan fingerprint density at radius 3 is 2.41 bits per heavy atom. The third-order valence-corrected chi connectivity index (χ3v) is 9.61. The van der Waals surface area contributed by atoms with Gasteiger partial charge in [0.05, 0.1) is 25.4 Å². The van der Waals surface area contributed by atoms with E-state index < -0.39 is 52.5 Å². The van der Waals surface area contributed by atoms with Crippen LogP contribution in [0, 0.1) is 22.7 Å². The van der Waals surface area contributed by atoms with Gasteiger partial charge in [0, 0.05) is 36.0 Å². The topological polar surface area (TPSA) is 141 Å². The molecule has 3 heterocycles. The second-order valence-electron chi connectivity index (χ2n) is 11.3. The maximum Gasteiger partial charge on any atom is 0.335 e. The zero-order valence-corrected chi connectivity index (χ0v) is 21.3. The smallest absolute Gasteiger partial charge is 0.335 e. The maximum atomic E-state index is 13.0. The van der Waals surface area contributed by atoms with Crippen molar-refractivity contribution in [1.29, 1.82) is 0 Å². The van der Waals surface area contributed by atoms with Crippen molar-refractivity contribution in [2.24, 2.45) is 22.7 Å². The van der Waals surface area contributed by atoms with Gasteiger partial charge in [0.25, 0.3) is 0 Å². The fourth-order valence-electron chi connectivity index (χ4n) is 7.11. The summed E-state index contributed by atoms with van der Waals surface area (Å²) < 4.78 is 29.6. The lowest BCUT2D eigenvalue weighted by molar-refractivity contribution is -0.259. The highest BCUT2D eigenvalue weighted by atomic mass is 16.6. The van der Waals surface area contributed by atoms with Crippen molar-refractivity contribution < 1.29 is 48.3 Å². The molecule has 2 N–H and O–H groups in total. The molecule has 0 radical (unpaired) electrons. The third-order valence-electron chi connectivity index (χ3n) is 9.61. The molecule has 4 fully saturated rings. The average Bonchev–Trinajstić information content (AvgIpc) is 3.66. The van der Waals surface area contributed by atoms with Crippen molar-refractivity contribution in [3.63, 3.8) is 0 Å². The van der Waals surface area contributed by atoms with Crippen LogP contribution >= 0.6 is 0 Å². The minimum Gasteiger partial charge on any atom is -0.463 e. The molecule has 3 aliphatic heterocycles. The number of ether oxygens (including phenoxy) is 5. The molecule has 10 nitrogen and oxygen atoms in total. The van der Waals surface area contributed by atoms with Crippen LogP contribution in [0.15, 0.2) is 24.3 Å². The quantitative estimate of drug-likeness (QED) is 0.295. The summed E-state index contributed by atoms with van der Waals surface area (Å²) in [7, 11) is 0. The second-order valence-corrected chi connectivity index (χ2v) is 11.3. The first-order valence-corrected chi connectivity index (χ1v) is 13.1. The fraction of sp³-hybridized carbons (Fsp3) is 0.741. The van der Waals surface area contributed by atoms with Crippen LogP contribution in [0.1, 0.15) is 46.0 Å². The predicted molar refractivity (Wildman–Crippen MR) is 127 cm³/mol. The van der Waals surface area contributed by atoms with E-state index >= 15 is 0 Å². The second kappa shape index (κ2) is 9.80. The molecule has 0 aromatic carbocycles. The predicted octanol–water partition coefficient (Wildman–Crippen LogP) is 1.22. The van der Waals surface area contributed by atoms with Crippen molar-refractivity contribution in [2.75, 3.05) is 26.4 Å². The highest BCUT2D eigenvalue weighted by Crippen LogP contribution is 2.72. The minimum atomic E-state index is -1.40. The Balaban J connectivity index is 1.51. The van der Waals surface area contributed by atoms with Gasteiger partial charge in [0.2, 0.25) is 0 Å². The van der Waals surface area contributed by atoms with Crippen molar-refractivity contribution in [3.05, 3.63) is 24.3 Å². The summed E-state index contributed by atoms with van der Waals surface area (Å²) in [5.74, 6) is -2.37. The van der Waals surface area contributed by atoms with Gasteiger partial charge in [0.1, 0.15) is 18.3 Å². The van der Waals surface area contributed by atoms with Gasteiger partial charge < -0.3 is 33.9 Å². The number of rotatable bonds is 1. The molecule has 0 aromatic heterocycles. The molecule has 2 saturated heterocycles. The number of hydrogen-bond donors (Lipinski definition) is 2. The molecule has 0 amide bonds. The van der Waals surface area contributed by atoms with E-state index in [9.17, 15) is 24.6 Å². The van der Waals surface area contributed by atoms with E-state index in [1.165, 1.54) is 24.3 Å². The highest BCUT2D eigenvalue weighted by molar-refractivity contribution is 5.84. The molecule has 5 aliphatic rings. The molecular formula is C27H36O10. The highest BCUT2D eigenvalue weighted by Gasteiger charge is 2.83. The number of cyclic esters (lactones) is 2. The Morgan fingerprint density at radius 1 is 0.973 bits per heavy atom. The minimum absolute atomic E-state index is 0.0177. The SMILES string of the molecule is CC1CCOC(=O)C=C/C=C\C(=O)OC2CC3OC4CC(CO)CCC4(COC(=O)C1O)C2(C)C31CO1. The normalized spacial score (nSPS) is 47.2. The van der Waals surface area contributed by atoms with Crippen LogP contribution < -0.4 is 0 Å². The molecule has 5 rings (SSSR count). The van der Waals surface area contributed by atoms with E-state index in [1.807, 2.05) is 6.92 Å². The summed E-state index contributed by atoms with van der Waals surface area (Å²) in [6.07, 6.45) is 5.25. The number of esters is 3. The summed E-state index contributed by atoms with van der Waals surface area (Å²) in [5.41, 5.74) is -2.12. The molecule has 37 heavy (non-hydrogen) atoms. The van der Waals surface area contributed by atoms with Gasteiger partial charge in [-0.05, 0) is 37.5 Å². The Labute approximate surface area is 215 Å². The lowest BCUT2D eigenvalue weighted by Gasteiger charge is -2.60. The van der Waals surface area contributed by atoms with Crippen molar-refractivity contribution in [1.82, 2.24) is 0 Å². The van der Waals surface area contributed by atoms with Crippen LogP contribution in [0.3, 0.4) is 0 Å². The van der Waals surface area contributed by atoms with Crippen molar-refractivity contribution in [3.8, 4) is 0 Å². The maximum absolute atomic E-state index is 13.0. The summed E-state index contributed by atoms with van der Waals surface area (Å²) in [4.78, 5) is 37.7. The molecule has 2 bridgehead atoms. The van der Waals surface area contributed by atoms with Gasteiger partial charge in [-0.15, -0.1) is 0 Å². The first-order chi connectivity index (χ1) is 17.7. The van der Waals surface area contributed by atoms with Gasteiger partial charge in [-0.3, -0.25) is 0 Å². The van der Waals surface area contributed by atoms with E-state index in [2.05, 4.69) is 0 Å². The molecule has 204 valence electrons. The standard InChI is InChI=1S/C27H36O10/c1-16-8-10-33-21(29)5-3-4-6-22(30)37-18-12-20-27(15-35-27)25(18,2)26(14-34-24(32)23(16)31)9-7-17(13-28)11-19(26)36-20/h3-6,16-20,23,28,31H,7-15H2,1-2H3/b5-3?,6-4-. The van der Waals surface area contributed by atoms with Crippen LogP contribution in [0.4, 0.5) is 0 Å². The summed E-state index contributed by atoms with van der Waals surface area (Å²) in [6.45, 7) is 4.21. The Hall–Kier alpha value is -2.27.